The van der Waals surface area contributed by atoms with Gasteiger partial charge in [-0.25, -0.2) is 0 Å². The van der Waals surface area contributed by atoms with Crippen LogP contribution in [0.3, 0.4) is 0 Å². The first-order valence-electron chi connectivity index (χ1n) is 7.29. The van der Waals surface area contributed by atoms with E-state index >= 15 is 0 Å². The molecule has 0 aromatic rings. The number of rotatable bonds is 4. The van der Waals surface area contributed by atoms with Gasteiger partial charge in [-0.15, -0.1) is 0 Å². The van der Waals surface area contributed by atoms with Crippen molar-refractivity contribution in [3.8, 4) is 0 Å². The Balaban J connectivity index is 1.74. The summed E-state index contributed by atoms with van der Waals surface area (Å²) in [5.74, 6) is 0.990. The van der Waals surface area contributed by atoms with Crippen LogP contribution in [0.25, 0.3) is 0 Å². The fraction of sp³-hybridized carbons (Fsp3) is 1.00. The molecule has 17 heavy (non-hydrogen) atoms. The third-order valence-electron chi connectivity index (χ3n) is 4.72. The molecule has 2 aliphatic rings. The molecular weight excluding hydrogens is 210 g/mol. The molecule has 3 nitrogen and oxygen atoms in total. The van der Waals surface area contributed by atoms with Crippen LogP contribution in [0, 0.1) is 5.92 Å². The molecule has 1 saturated carbocycles. The average molecular weight is 239 g/mol. The Labute approximate surface area is 106 Å². The van der Waals surface area contributed by atoms with Crippen molar-refractivity contribution in [2.75, 3.05) is 39.3 Å². The van der Waals surface area contributed by atoms with Crippen molar-refractivity contribution in [2.24, 2.45) is 11.7 Å². The molecule has 0 bridgehead atoms. The van der Waals surface area contributed by atoms with E-state index in [0.717, 1.165) is 12.5 Å². The van der Waals surface area contributed by atoms with E-state index in [2.05, 4.69) is 23.6 Å². The monoisotopic (exact) mass is 239 g/mol. The van der Waals surface area contributed by atoms with E-state index in [4.69, 9.17) is 5.73 Å². The minimum absolute atomic E-state index is 0.180. The Morgan fingerprint density at radius 1 is 1.06 bits per heavy atom. The zero-order chi connectivity index (χ0) is 12.3. The number of nitrogens with zero attached hydrogens (tertiary/aromatic N) is 2. The molecule has 0 aromatic carbocycles. The topological polar surface area (TPSA) is 32.5 Å². The van der Waals surface area contributed by atoms with Crippen LogP contribution in [0.5, 0.6) is 0 Å². The maximum Gasteiger partial charge on any atom is 0.0276 e. The smallest absolute Gasteiger partial charge is 0.0276 e. The SMILES string of the molecule is CC(C)(CN)N1CCN(CC2CCCC2)CC1. The maximum absolute atomic E-state index is 5.85. The van der Waals surface area contributed by atoms with Crippen molar-refractivity contribution in [3.63, 3.8) is 0 Å². The maximum atomic E-state index is 5.85. The first-order chi connectivity index (χ1) is 8.12. The molecule has 1 saturated heterocycles. The molecule has 2 fully saturated rings. The van der Waals surface area contributed by atoms with Gasteiger partial charge in [0.1, 0.15) is 0 Å². The third kappa shape index (κ3) is 3.43. The molecule has 0 radical (unpaired) electrons. The van der Waals surface area contributed by atoms with Gasteiger partial charge in [0.25, 0.3) is 0 Å². The highest BCUT2D eigenvalue weighted by molar-refractivity contribution is 4.87. The van der Waals surface area contributed by atoms with Crippen LogP contribution in [0.4, 0.5) is 0 Å². The lowest BCUT2D eigenvalue weighted by atomic mass is 10.0. The molecule has 1 aliphatic carbocycles. The van der Waals surface area contributed by atoms with Gasteiger partial charge in [0.05, 0.1) is 0 Å². The Morgan fingerprint density at radius 3 is 2.18 bits per heavy atom. The fourth-order valence-corrected chi connectivity index (χ4v) is 3.22. The number of nitrogens with two attached hydrogens (primary N) is 1. The van der Waals surface area contributed by atoms with Gasteiger partial charge in [0.15, 0.2) is 0 Å². The van der Waals surface area contributed by atoms with Crippen molar-refractivity contribution in [1.82, 2.24) is 9.80 Å². The summed E-state index contributed by atoms with van der Waals surface area (Å²) in [5, 5.41) is 0. The standard InChI is InChI=1S/C14H29N3/c1-14(2,12-15)17-9-7-16(8-10-17)11-13-5-3-4-6-13/h13H,3-12,15H2,1-2H3. The van der Waals surface area contributed by atoms with Crippen LogP contribution in [0.1, 0.15) is 39.5 Å². The Bertz CT molecular complexity index is 226. The summed E-state index contributed by atoms with van der Waals surface area (Å²) in [6.07, 6.45) is 5.86. The van der Waals surface area contributed by atoms with E-state index in [-0.39, 0.29) is 5.54 Å². The highest BCUT2D eigenvalue weighted by Crippen LogP contribution is 2.26. The predicted molar refractivity (Wildman–Crippen MR) is 73.1 cm³/mol. The van der Waals surface area contributed by atoms with Crippen molar-refractivity contribution in [3.05, 3.63) is 0 Å². The van der Waals surface area contributed by atoms with Crippen LogP contribution in [-0.2, 0) is 0 Å². The van der Waals surface area contributed by atoms with Crippen molar-refractivity contribution in [2.45, 2.75) is 45.1 Å². The van der Waals surface area contributed by atoms with E-state index in [1.54, 1.807) is 0 Å². The second-order valence-corrected chi connectivity index (χ2v) is 6.45. The summed E-state index contributed by atoms with van der Waals surface area (Å²) in [5.41, 5.74) is 6.03. The van der Waals surface area contributed by atoms with E-state index in [1.165, 1.54) is 58.4 Å². The largest absolute Gasteiger partial charge is 0.329 e. The zero-order valence-corrected chi connectivity index (χ0v) is 11.6. The predicted octanol–water partition coefficient (Wildman–Crippen LogP) is 1.53. The molecule has 0 aromatic heterocycles. The highest BCUT2D eigenvalue weighted by atomic mass is 15.3. The van der Waals surface area contributed by atoms with Gasteiger partial charge in [-0.05, 0) is 32.6 Å². The number of piperazine rings is 1. The van der Waals surface area contributed by atoms with Crippen LogP contribution < -0.4 is 5.73 Å². The van der Waals surface area contributed by atoms with Gasteiger partial charge >= 0.3 is 0 Å². The van der Waals surface area contributed by atoms with E-state index < -0.39 is 0 Å². The summed E-state index contributed by atoms with van der Waals surface area (Å²) in [6.45, 7) is 11.5. The molecule has 0 unspecified atom stereocenters. The minimum Gasteiger partial charge on any atom is -0.329 e. The third-order valence-corrected chi connectivity index (χ3v) is 4.72. The number of hydrogen-bond donors (Lipinski definition) is 1. The molecule has 0 spiro atoms. The lowest BCUT2D eigenvalue weighted by molar-refractivity contribution is 0.0507. The quantitative estimate of drug-likeness (QED) is 0.807. The number of hydrogen-bond acceptors (Lipinski definition) is 3. The second kappa shape index (κ2) is 5.68. The van der Waals surface area contributed by atoms with Crippen molar-refractivity contribution >= 4 is 0 Å². The second-order valence-electron chi connectivity index (χ2n) is 6.45. The molecule has 2 N–H and O–H groups in total. The van der Waals surface area contributed by atoms with Gasteiger partial charge < -0.3 is 10.6 Å². The molecule has 0 amide bonds. The molecule has 0 atom stereocenters. The molecule has 1 aliphatic heterocycles. The molecule has 3 heteroatoms. The van der Waals surface area contributed by atoms with Gasteiger partial charge in [-0.3, -0.25) is 4.90 Å². The van der Waals surface area contributed by atoms with Gasteiger partial charge in [0, 0.05) is 44.8 Å². The van der Waals surface area contributed by atoms with Crippen LogP contribution >= 0.6 is 0 Å². The van der Waals surface area contributed by atoms with E-state index in [9.17, 15) is 0 Å². The lowest BCUT2D eigenvalue weighted by Crippen LogP contribution is -2.57. The average Bonchev–Trinajstić information content (AvgIpc) is 2.83. The summed E-state index contributed by atoms with van der Waals surface area (Å²) >= 11 is 0. The first-order valence-corrected chi connectivity index (χ1v) is 7.29. The van der Waals surface area contributed by atoms with E-state index in [1.807, 2.05) is 0 Å². The summed E-state index contributed by atoms with van der Waals surface area (Å²) in [4.78, 5) is 5.22. The van der Waals surface area contributed by atoms with Gasteiger partial charge in [0.2, 0.25) is 0 Å². The van der Waals surface area contributed by atoms with Gasteiger partial charge in [-0.1, -0.05) is 12.8 Å². The van der Waals surface area contributed by atoms with E-state index in [0.29, 0.717) is 0 Å². The van der Waals surface area contributed by atoms with Crippen LogP contribution in [0.2, 0.25) is 0 Å². The van der Waals surface area contributed by atoms with Gasteiger partial charge in [-0.2, -0.15) is 0 Å². The first kappa shape index (κ1) is 13.3. The zero-order valence-electron chi connectivity index (χ0n) is 11.6. The Morgan fingerprint density at radius 2 is 1.65 bits per heavy atom. The Kier molecular flexibility index (Phi) is 4.45. The highest BCUT2D eigenvalue weighted by Gasteiger charge is 2.29. The fourth-order valence-electron chi connectivity index (χ4n) is 3.22. The molecule has 1 heterocycles. The Hall–Kier alpha value is -0.120. The molecule has 2 rings (SSSR count). The summed E-state index contributed by atoms with van der Waals surface area (Å²) < 4.78 is 0. The summed E-state index contributed by atoms with van der Waals surface area (Å²) in [7, 11) is 0. The molecule has 100 valence electrons. The lowest BCUT2D eigenvalue weighted by Gasteiger charge is -2.44. The van der Waals surface area contributed by atoms with Crippen molar-refractivity contribution in [1.29, 1.82) is 0 Å². The minimum atomic E-state index is 0.180. The van der Waals surface area contributed by atoms with Crippen LogP contribution in [0.15, 0.2) is 0 Å². The van der Waals surface area contributed by atoms with Crippen LogP contribution in [-0.4, -0.2) is 54.6 Å². The van der Waals surface area contributed by atoms with Crippen molar-refractivity contribution < 1.29 is 0 Å². The molecular formula is C14H29N3. The summed E-state index contributed by atoms with van der Waals surface area (Å²) in [6, 6.07) is 0. The normalized spacial score (nSPS) is 25.6.